The highest BCUT2D eigenvalue weighted by molar-refractivity contribution is 6.32. The molecule has 0 N–H and O–H groups in total. The van der Waals surface area contributed by atoms with Crippen LogP contribution in [0, 0.1) is 11.3 Å². The molecule has 0 saturated heterocycles. The largest absolute Gasteiger partial charge is 0.573 e. The SMILES string of the molecule is N#CCc1ccc(OC(F)(F)F)c(Cl)c1. The van der Waals surface area contributed by atoms with Crippen LogP contribution in [0.1, 0.15) is 5.56 Å². The van der Waals surface area contributed by atoms with E-state index in [-0.39, 0.29) is 11.4 Å². The zero-order valence-corrected chi connectivity index (χ0v) is 8.06. The zero-order chi connectivity index (χ0) is 11.5. The number of rotatable bonds is 2. The van der Waals surface area contributed by atoms with Crippen molar-refractivity contribution in [1.82, 2.24) is 0 Å². The van der Waals surface area contributed by atoms with Crippen molar-refractivity contribution in [2.24, 2.45) is 0 Å². The molecule has 6 heteroatoms. The summed E-state index contributed by atoms with van der Waals surface area (Å²) in [6.07, 6.45) is -4.67. The molecule has 1 aromatic rings. The van der Waals surface area contributed by atoms with Crippen molar-refractivity contribution in [3.8, 4) is 11.8 Å². The van der Waals surface area contributed by atoms with Gasteiger partial charge >= 0.3 is 6.36 Å². The molecule has 0 aliphatic rings. The first-order valence-electron chi connectivity index (χ1n) is 3.83. The summed E-state index contributed by atoms with van der Waals surface area (Å²) in [5, 5.41) is 8.20. The predicted octanol–water partition coefficient (Wildman–Crippen LogP) is 3.30. The molecule has 0 bridgehead atoms. The first kappa shape index (κ1) is 11.7. The minimum Gasteiger partial charge on any atom is -0.404 e. The van der Waals surface area contributed by atoms with Crippen molar-refractivity contribution in [2.45, 2.75) is 12.8 Å². The summed E-state index contributed by atoms with van der Waals surface area (Å²) >= 11 is 5.54. The van der Waals surface area contributed by atoms with Crippen molar-refractivity contribution < 1.29 is 17.9 Å². The maximum atomic E-state index is 11.8. The van der Waals surface area contributed by atoms with Gasteiger partial charge in [-0.15, -0.1) is 13.2 Å². The fourth-order valence-electron chi connectivity index (χ4n) is 0.953. The molecule has 0 spiro atoms. The Morgan fingerprint density at radius 1 is 1.40 bits per heavy atom. The van der Waals surface area contributed by atoms with E-state index in [0.717, 1.165) is 6.07 Å². The molecule has 1 rings (SSSR count). The molecule has 2 nitrogen and oxygen atoms in total. The first-order chi connectivity index (χ1) is 6.92. The Morgan fingerprint density at radius 3 is 2.53 bits per heavy atom. The van der Waals surface area contributed by atoms with Crippen LogP contribution in [0.25, 0.3) is 0 Å². The second-order valence-electron chi connectivity index (χ2n) is 2.65. The van der Waals surface area contributed by atoms with Gasteiger partial charge in [-0.1, -0.05) is 17.7 Å². The summed E-state index contributed by atoms with van der Waals surface area (Å²) in [5.74, 6) is -0.467. The summed E-state index contributed by atoms with van der Waals surface area (Å²) in [5.41, 5.74) is 0.539. The van der Waals surface area contributed by atoms with Gasteiger partial charge in [0.15, 0.2) is 0 Å². The molecule has 0 aromatic heterocycles. The summed E-state index contributed by atoms with van der Waals surface area (Å²) in [4.78, 5) is 0. The standard InChI is InChI=1S/C9H5ClF3NO/c10-7-5-6(3-4-14)1-2-8(7)15-9(11,12)13/h1-2,5H,3H2. The van der Waals surface area contributed by atoms with Crippen LogP contribution in [0.5, 0.6) is 5.75 Å². The van der Waals surface area contributed by atoms with Gasteiger partial charge < -0.3 is 4.74 Å². The molecule has 0 aliphatic heterocycles. The van der Waals surface area contributed by atoms with E-state index in [1.165, 1.54) is 12.1 Å². The molecule has 80 valence electrons. The smallest absolute Gasteiger partial charge is 0.404 e. The van der Waals surface area contributed by atoms with Crippen molar-refractivity contribution in [3.63, 3.8) is 0 Å². The van der Waals surface area contributed by atoms with Crippen LogP contribution in [0.2, 0.25) is 5.02 Å². The first-order valence-corrected chi connectivity index (χ1v) is 4.21. The minimum absolute atomic E-state index is 0.0893. The van der Waals surface area contributed by atoms with Crippen molar-refractivity contribution in [2.75, 3.05) is 0 Å². The van der Waals surface area contributed by atoms with E-state index in [2.05, 4.69) is 4.74 Å². The molecule has 0 atom stereocenters. The maximum absolute atomic E-state index is 11.8. The van der Waals surface area contributed by atoms with Gasteiger partial charge in [0.2, 0.25) is 0 Å². The molecule has 0 radical (unpaired) electrons. The number of nitriles is 1. The third kappa shape index (κ3) is 3.68. The zero-order valence-electron chi connectivity index (χ0n) is 7.31. The summed E-state index contributed by atoms with van der Waals surface area (Å²) < 4.78 is 39.2. The second-order valence-corrected chi connectivity index (χ2v) is 3.05. The maximum Gasteiger partial charge on any atom is 0.573 e. The average molecular weight is 236 g/mol. The molecule has 0 saturated carbocycles. The van der Waals surface area contributed by atoms with E-state index < -0.39 is 12.1 Å². The predicted molar refractivity (Wildman–Crippen MR) is 47.5 cm³/mol. The molecule has 0 amide bonds. The van der Waals surface area contributed by atoms with E-state index in [0.29, 0.717) is 5.56 Å². The van der Waals surface area contributed by atoms with Gasteiger partial charge in [0.25, 0.3) is 0 Å². The van der Waals surface area contributed by atoms with Gasteiger partial charge in [0.05, 0.1) is 17.5 Å². The number of hydrogen-bond acceptors (Lipinski definition) is 2. The molecule has 0 heterocycles. The number of ether oxygens (including phenoxy) is 1. The normalized spacial score (nSPS) is 10.9. The number of alkyl halides is 3. The lowest BCUT2D eigenvalue weighted by Crippen LogP contribution is -2.17. The Hall–Kier alpha value is -1.41. The fourth-order valence-corrected chi connectivity index (χ4v) is 1.19. The number of benzene rings is 1. The minimum atomic E-state index is -4.76. The Balaban J connectivity index is 2.89. The van der Waals surface area contributed by atoms with Crippen LogP contribution in [0.3, 0.4) is 0 Å². The summed E-state index contributed by atoms with van der Waals surface area (Å²) in [6, 6.07) is 5.57. The van der Waals surface area contributed by atoms with Crippen LogP contribution in [0.4, 0.5) is 13.2 Å². The highest BCUT2D eigenvalue weighted by Crippen LogP contribution is 2.30. The van der Waals surface area contributed by atoms with E-state index in [1.54, 1.807) is 0 Å². The van der Waals surface area contributed by atoms with Gasteiger partial charge in [0.1, 0.15) is 5.75 Å². The number of hydrogen-bond donors (Lipinski definition) is 0. The molecule has 0 fully saturated rings. The van der Waals surface area contributed by atoms with E-state index in [1.807, 2.05) is 6.07 Å². The monoisotopic (exact) mass is 235 g/mol. The third-order valence-corrected chi connectivity index (χ3v) is 1.80. The van der Waals surface area contributed by atoms with Gasteiger partial charge in [-0.05, 0) is 17.7 Å². The second kappa shape index (κ2) is 4.41. The van der Waals surface area contributed by atoms with Crippen LogP contribution < -0.4 is 4.74 Å². The van der Waals surface area contributed by atoms with Crippen LogP contribution in [0.15, 0.2) is 18.2 Å². The lowest BCUT2D eigenvalue weighted by molar-refractivity contribution is -0.274. The van der Waals surface area contributed by atoms with Crippen LogP contribution >= 0.6 is 11.6 Å². The quantitative estimate of drug-likeness (QED) is 0.788. The fraction of sp³-hybridized carbons (Fsp3) is 0.222. The van der Waals surface area contributed by atoms with Gasteiger partial charge in [-0.25, -0.2) is 0 Å². The highest BCUT2D eigenvalue weighted by atomic mass is 35.5. The van der Waals surface area contributed by atoms with Crippen LogP contribution in [-0.2, 0) is 6.42 Å². The summed E-state index contributed by atoms with van der Waals surface area (Å²) in [7, 11) is 0. The van der Waals surface area contributed by atoms with Gasteiger partial charge in [-0.2, -0.15) is 5.26 Å². The van der Waals surface area contributed by atoms with Gasteiger partial charge in [0, 0.05) is 0 Å². The Labute approximate surface area is 88.8 Å². The van der Waals surface area contributed by atoms with E-state index in [9.17, 15) is 13.2 Å². The number of halogens is 4. The lowest BCUT2D eigenvalue weighted by atomic mass is 10.2. The van der Waals surface area contributed by atoms with Gasteiger partial charge in [-0.3, -0.25) is 0 Å². The van der Waals surface area contributed by atoms with Crippen molar-refractivity contribution in [3.05, 3.63) is 28.8 Å². The molecular formula is C9H5ClF3NO. The van der Waals surface area contributed by atoms with Crippen molar-refractivity contribution >= 4 is 11.6 Å². The number of nitrogens with zero attached hydrogens (tertiary/aromatic N) is 1. The molecule has 1 aromatic carbocycles. The Kier molecular flexibility index (Phi) is 3.43. The molecule has 0 unspecified atom stereocenters. The Morgan fingerprint density at radius 2 is 2.07 bits per heavy atom. The van der Waals surface area contributed by atoms with Crippen molar-refractivity contribution in [1.29, 1.82) is 5.26 Å². The third-order valence-electron chi connectivity index (χ3n) is 1.51. The topological polar surface area (TPSA) is 33.0 Å². The lowest BCUT2D eigenvalue weighted by Gasteiger charge is -2.10. The highest BCUT2D eigenvalue weighted by Gasteiger charge is 2.31. The van der Waals surface area contributed by atoms with E-state index >= 15 is 0 Å². The molecule has 15 heavy (non-hydrogen) atoms. The molecule has 0 aliphatic carbocycles. The van der Waals surface area contributed by atoms with E-state index in [4.69, 9.17) is 16.9 Å². The molecular weight excluding hydrogens is 231 g/mol. The average Bonchev–Trinajstić information content (AvgIpc) is 2.08. The summed E-state index contributed by atoms with van der Waals surface area (Å²) in [6.45, 7) is 0. The Bertz CT molecular complexity index is 397. The van der Waals surface area contributed by atoms with Crippen LogP contribution in [-0.4, -0.2) is 6.36 Å².